The number of likely N-dealkylation sites (N-methyl/N-ethyl adjacent to an activating group) is 1. The zero-order valence-electron chi connectivity index (χ0n) is 13.5. The monoisotopic (exact) mass is 338 g/mol. The molecule has 0 fully saturated rings. The molecule has 24 heavy (non-hydrogen) atoms. The number of hydrogen-bond acceptors (Lipinski definition) is 2. The Balaban J connectivity index is 1.63. The number of nitrogens with zero attached hydrogens (tertiary/aromatic N) is 1. The van der Waals surface area contributed by atoms with Gasteiger partial charge in [0.1, 0.15) is 0 Å². The average molecular weight is 339 g/mol. The van der Waals surface area contributed by atoms with Crippen LogP contribution in [0.3, 0.4) is 0 Å². The minimum atomic E-state index is -0.0252. The molecule has 0 aliphatic rings. The van der Waals surface area contributed by atoms with Crippen molar-refractivity contribution in [2.24, 2.45) is 0 Å². The van der Waals surface area contributed by atoms with Crippen LogP contribution in [0.4, 0.5) is 5.69 Å². The molecule has 0 bridgehead atoms. The molecule has 0 spiro atoms. The van der Waals surface area contributed by atoms with Crippen molar-refractivity contribution in [2.75, 3.05) is 18.9 Å². The van der Waals surface area contributed by atoms with Gasteiger partial charge >= 0.3 is 0 Å². The van der Waals surface area contributed by atoms with Crippen LogP contribution < -0.4 is 5.32 Å². The molecule has 0 atom stereocenters. The molecule has 0 saturated carbocycles. The Morgan fingerprint density at radius 2 is 1.71 bits per heavy atom. The van der Waals surface area contributed by atoms with Gasteiger partial charge in [-0.15, -0.1) is 0 Å². The summed E-state index contributed by atoms with van der Waals surface area (Å²) in [6, 6.07) is 21.6. The summed E-state index contributed by atoms with van der Waals surface area (Å²) in [6.07, 6.45) is 0. The highest BCUT2D eigenvalue weighted by atomic mass is 35.5. The SMILES string of the molecule is CN(CC(=O)Nc1cccc2ccccc12)Cc1ccc(Cl)cc1. The lowest BCUT2D eigenvalue weighted by atomic mass is 10.1. The summed E-state index contributed by atoms with van der Waals surface area (Å²) in [5.74, 6) is -0.0252. The second-order valence-corrected chi connectivity index (χ2v) is 6.31. The quantitative estimate of drug-likeness (QED) is 0.739. The fourth-order valence-electron chi connectivity index (χ4n) is 2.73. The molecule has 0 heterocycles. The van der Waals surface area contributed by atoms with E-state index in [9.17, 15) is 4.79 Å². The number of hydrogen-bond donors (Lipinski definition) is 1. The van der Waals surface area contributed by atoms with Gasteiger partial charge in [-0.2, -0.15) is 0 Å². The van der Waals surface area contributed by atoms with E-state index >= 15 is 0 Å². The molecular formula is C20H19ClN2O. The predicted octanol–water partition coefficient (Wildman–Crippen LogP) is 4.56. The maximum Gasteiger partial charge on any atom is 0.238 e. The summed E-state index contributed by atoms with van der Waals surface area (Å²) in [5.41, 5.74) is 1.97. The second-order valence-electron chi connectivity index (χ2n) is 5.87. The van der Waals surface area contributed by atoms with Crippen molar-refractivity contribution in [3.8, 4) is 0 Å². The number of fused-ring (bicyclic) bond motifs is 1. The van der Waals surface area contributed by atoms with Gasteiger partial charge in [0.05, 0.1) is 6.54 Å². The summed E-state index contributed by atoms with van der Waals surface area (Å²) in [6.45, 7) is 1.02. The molecule has 0 unspecified atom stereocenters. The van der Waals surface area contributed by atoms with Gasteiger partial charge in [-0.3, -0.25) is 9.69 Å². The molecular weight excluding hydrogens is 320 g/mol. The molecule has 3 nitrogen and oxygen atoms in total. The summed E-state index contributed by atoms with van der Waals surface area (Å²) in [5, 5.41) is 5.89. The summed E-state index contributed by atoms with van der Waals surface area (Å²) < 4.78 is 0. The lowest BCUT2D eigenvalue weighted by molar-refractivity contribution is -0.117. The van der Waals surface area contributed by atoms with E-state index in [4.69, 9.17) is 11.6 Å². The van der Waals surface area contributed by atoms with E-state index in [2.05, 4.69) is 5.32 Å². The summed E-state index contributed by atoms with van der Waals surface area (Å²) >= 11 is 5.89. The Labute approximate surface area is 146 Å². The van der Waals surface area contributed by atoms with E-state index in [0.29, 0.717) is 13.1 Å². The predicted molar refractivity (Wildman–Crippen MR) is 100 cm³/mol. The number of halogens is 1. The lowest BCUT2D eigenvalue weighted by Gasteiger charge is -2.17. The molecule has 4 heteroatoms. The van der Waals surface area contributed by atoms with Crippen LogP contribution in [-0.4, -0.2) is 24.4 Å². The van der Waals surface area contributed by atoms with Crippen LogP contribution in [0.1, 0.15) is 5.56 Å². The number of benzene rings is 3. The van der Waals surface area contributed by atoms with E-state index in [0.717, 1.165) is 27.0 Å². The highest BCUT2D eigenvalue weighted by molar-refractivity contribution is 6.30. The van der Waals surface area contributed by atoms with Crippen molar-refractivity contribution in [1.29, 1.82) is 0 Å². The van der Waals surface area contributed by atoms with Gasteiger partial charge < -0.3 is 5.32 Å². The van der Waals surface area contributed by atoms with E-state index in [-0.39, 0.29) is 5.91 Å². The first-order valence-electron chi connectivity index (χ1n) is 7.82. The number of rotatable bonds is 5. The smallest absolute Gasteiger partial charge is 0.238 e. The molecule has 0 aromatic heterocycles. The number of nitrogens with one attached hydrogen (secondary N) is 1. The maximum absolute atomic E-state index is 12.3. The van der Waals surface area contributed by atoms with E-state index < -0.39 is 0 Å². The first kappa shape index (κ1) is 16.5. The van der Waals surface area contributed by atoms with Gasteiger partial charge in [0, 0.05) is 22.6 Å². The molecule has 1 amide bonds. The fraction of sp³-hybridized carbons (Fsp3) is 0.150. The molecule has 3 rings (SSSR count). The number of amides is 1. The Kier molecular flexibility index (Phi) is 5.14. The van der Waals surface area contributed by atoms with Crippen molar-refractivity contribution in [3.05, 3.63) is 77.3 Å². The van der Waals surface area contributed by atoms with Crippen molar-refractivity contribution in [2.45, 2.75) is 6.54 Å². The van der Waals surface area contributed by atoms with Gasteiger partial charge in [0.25, 0.3) is 0 Å². The van der Waals surface area contributed by atoms with Crippen LogP contribution in [0.2, 0.25) is 5.02 Å². The standard InChI is InChI=1S/C20H19ClN2O/c1-23(13-15-9-11-17(21)12-10-15)14-20(24)22-19-8-4-6-16-5-2-3-7-18(16)19/h2-12H,13-14H2,1H3,(H,22,24). The summed E-state index contributed by atoms with van der Waals surface area (Å²) in [4.78, 5) is 14.3. The minimum Gasteiger partial charge on any atom is -0.324 e. The molecule has 122 valence electrons. The lowest BCUT2D eigenvalue weighted by Crippen LogP contribution is -2.29. The molecule has 0 aliphatic carbocycles. The average Bonchev–Trinajstić information content (AvgIpc) is 2.57. The highest BCUT2D eigenvalue weighted by Crippen LogP contribution is 2.22. The molecule has 0 radical (unpaired) electrons. The Morgan fingerprint density at radius 3 is 2.50 bits per heavy atom. The number of carbonyl (C=O) groups is 1. The van der Waals surface area contributed by atoms with E-state index in [1.54, 1.807) is 0 Å². The Hall–Kier alpha value is -2.36. The van der Waals surface area contributed by atoms with Crippen molar-refractivity contribution in [1.82, 2.24) is 4.90 Å². The van der Waals surface area contributed by atoms with Gasteiger partial charge in [-0.25, -0.2) is 0 Å². The first-order valence-corrected chi connectivity index (χ1v) is 8.20. The van der Waals surface area contributed by atoms with Gasteiger partial charge in [0.15, 0.2) is 0 Å². The molecule has 0 aliphatic heterocycles. The van der Waals surface area contributed by atoms with Crippen LogP contribution in [0, 0.1) is 0 Å². The number of carbonyl (C=O) groups excluding carboxylic acids is 1. The highest BCUT2D eigenvalue weighted by Gasteiger charge is 2.09. The summed E-state index contributed by atoms with van der Waals surface area (Å²) in [7, 11) is 1.93. The van der Waals surface area contributed by atoms with E-state index in [1.165, 1.54) is 0 Å². The third-order valence-electron chi connectivity index (χ3n) is 3.84. The zero-order valence-corrected chi connectivity index (χ0v) is 14.3. The second kappa shape index (κ2) is 7.47. The third kappa shape index (κ3) is 4.13. The van der Waals surface area contributed by atoms with Crippen LogP contribution >= 0.6 is 11.6 Å². The largest absolute Gasteiger partial charge is 0.324 e. The Bertz CT molecular complexity index is 840. The van der Waals surface area contributed by atoms with Gasteiger partial charge in [0.2, 0.25) is 5.91 Å². The molecule has 0 saturated heterocycles. The van der Waals surface area contributed by atoms with E-state index in [1.807, 2.05) is 78.7 Å². The third-order valence-corrected chi connectivity index (χ3v) is 4.09. The minimum absolute atomic E-state index is 0.0252. The van der Waals surface area contributed by atoms with Crippen molar-refractivity contribution in [3.63, 3.8) is 0 Å². The molecule has 1 N–H and O–H groups in total. The topological polar surface area (TPSA) is 32.3 Å². The fourth-order valence-corrected chi connectivity index (χ4v) is 2.85. The Morgan fingerprint density at radius 1 is 1.00 bits per heavy atom. The van der Waals surface area contributed by atoms with Crippen molar-refractivity contribution >= 4 is 34.0 Å². The zero-order chi connectivity index (χ0) is 16.9. The van der Waals surface area contributed by atoms with Crippen molar-refractivity contribution < 1.29 is 4.79 Å². The van der Waals surface area contributed by atoms with Crippen LogP contribution in [0.25, 0.3) is 10.8 Å². The van der Waals surface area contributed by atoms with Crippen LogP contribution in [-0.2, 0) is 11.3 Å². The molecule has 3 aromatic rings. The number of anilines is 1. The first-order chi connectivity index (χ1) is 11.6. The van der Waals surface area contributed by atoms with Crippen LogP contribution in [0.15, 0.2) is 66.7 Å². The van der Waals surface area contributed by atoms with Crippen LogP contribution in [0.5, 0.6) is 0 Å². The van der Waals surface area contributed by atoms with Gasteiger partial charge in [-0.05, 0) is 36.2 Å². The van der Waals surface area contributed by atoms with Gasteiger partial charge in [-0.1, -0.05) is 60.1 Å². The molecule has 3 aromatic carbocycles. The normalized spacial score (nSPS) is 11.0. The maximum atomic E-state index is 12.3.